The molecule has 1 N–H and O–H groups in total. The van der Waals surface area contributed by atoms with E-state index in [1.54, 1.807) is 12.1 Å². The van der Waals surface area contributed by atoms with Gasteiger partial charge in [-0.05, 0) is 43.0 Å². The van der Waals surface area contributed by atoms with E-state index in [-0.39, 0.29) is 11.7 Å². The topological polar surface area (TPSA) is 46.2 Å². The van der Waals surface area contributed by atoms with Crippen molar-refractivity contribution in [3.8, 4) is 0 Å². The van der Waals surface area contributed by atoms with E-state index in [1.807, 2.05) is 19.9 Å². The first-order valence-electron chi connectivity index (χ1n) is 5.50. The highest BCUT2D eigenvalue weighted by Crippen LogP contribution is 2.19. The van der Waals surface area contributed by atoms with E-state index in [0.717, 1.165) is 24.2 Å². The van der Waals surface area contributed by atoms with E-state index in [1.165, 1.54) is 0 Å². The van der Waals surface area contributed by atoms with Crippen LogP contribution in [0, 0.1) is 19.8 Å². The van der Waals surface area contributed by atoms with Crippen LogP contribution in [0.1, 0.15) is 11.1 Å². The molecule has 0 amide bonds. The van der Waals surface area contributed by atoms with Crippen molar-refractivity contribution < 1.29 is 8.42 Å². The first-order chi connectivity index (χ1) is 7.49. The summed E-state index contributed by atoms with van der Waals surface area (Å²) >= 11 is 0. The molecule has 0 aliphatic carbocycles. The van der Waals surface area contributed by atoms with Crippen LogP contribution in [0.5, 0.6) is 0 Å². The number of sulfone groups is 1. The molecule has 1 aliphatic heterocycles. The third-order valence-electron chi connectivity index (χ3n) is 3.16. The van der Waals surface area contributed by atoms with E-state index >= 15 is 0 Å². The monoisotopic (exact) mass is 239 g/mol. The Kier molecular flexibility index (Phi) is 3.04. The summed E-state index contributed by atoms with van der Waals surface area (Å²) in [6, 6.07) is 5.36. The molecule has 88 valence electrons. The minimum Gasteiger partial charge on any atom is -0.316 e. The fraction of sp³-hybridized carbons (Fsp3) is 0.500. The molecule has 0 bridgehead atoms. The van der Waals surface area contributed by atoms with Gasteiger partial charge >= 0.3 is 0 Å². The standard InChI is InChI=1S/C12H17NO2S/c1-9-3-4-12(5-10(9)2)16(14,15)8-11-6-13-7-11/h3-5,11,13H,6-8H2,1-2H3. The lowest BCUT2D eigenvalue weighted by Gasteiger charge is -2.26. The molecule has 1 saturated heterocycles. The van der Waals surface area contributed by atoms with Crippen LogP contribution in [0.25, 0.3) is 0 Å². The second-order valence-electron chi connectivity index (χ2n) is 4.55. The first kappa shape index (κ1) is 11.6. The summed E-state index contributed by atoms with van der Waals surface area (Å²) in [6.07, 6.45) is 0. The molecule has 3 nitrogen and oxygen atoms in total. The van der Waals surface area contributed by atoms with Crippen LogP contribution in [0.3, 0.4) is 0 Å². The summed E-state index contributed by atoms with van der Waals surface area (Å²) < 4.78 is 24.1. The molecular formula is C12H17NO2S. The summed E-state index contributed by atoms with van der Waals surface area (Å²) in [5.41, 5.74) is 2.16. The summed E-state index contributed by atoms with van der Waals surface area (Å²) in [5.74, 6) is 0.550. The molecule has 1 fully saturated rings. The predicted octanol–water partition coefficient (Wildman–Crippen LogP) is 1.30. The molecule has 0 spiro atoms. The third-order valence-corrected chi connectivity index (χ3v) is 5.04. The molecule has 0 saturated carbocycles. The lowest BCUT2D eigenvalue weighted by molar-refractivity contribution is 0.378. The highest BCUT2D eigenvalue weighted by atomic mass is 32.2. The highest BCUT2D eigenvalue weighted by Gasteiger charge is 2.25. The van der Waals surface area contributed by atoms with Crippen LogP contribution in [-0.2, 0) is 9.84 Å². The zero-order valence-electron chi connectivity index (χ0n) is 9.66. The minimum atomic E-state index is -3.10. The molecule has 0 aromatic heterocycles. The van der Waals surface area contributed by atoms with Crippen molar-refractivity contribution in [1.82, 2.24) is 5.32 Å². The predicted molar refractivity (Wildman–Crippen MR) is 64.3 cm³/mol. The molecular weight excluding hydrogens is 222 g/mol. The van der Waals surface area contributed by atoms with Crippen molar-refractivity contribution in [2.45, 2.75) is 18.7 Å². The molecule has 0 radical (unpaired) electrons. The Morgan fingerprint density at radius 2 is 1.94 bits per heavy atom. The van der Waals surface area contributed by atoms with Crippen molar-refractivity contribution in [3.63, 3.8) is 0 Å². The quantitative estimate of drug-likeness (QED) is 0.864. The molecule has 0 atom stereocenters. The van der Waals surface area contributed by atoms with Gasteiger partial charge in [0, 0.05) is 13.1 Å². The smallest absolute Gasteiger partial charge is 0.178 e. The average molecular weight is 239 g/mol. The van der Waals surface area contributed by atoms with E-state index in [9.17, 15) is 8.42 Å². The Labute approximate surface area is 96.8 Å². The van der Waals surface area contributed by atoms with Gasteiger partial charge in [-0.15, -0.1) is 0 Å². The zero-order chi connectivity index (χ0) is 11.8. The average Bonchev–Trinajstić information content (AvgIpc) is 2.16. The number of nitrogens with one attached hydrogen (secondary N) is 1. The van der Waals surface area contributed by atoms with Gasteiger partial charge in [-0.2, -0.15) is 0 Å². The molecule has 1 aliphatic rings. The third kappa shape index (κ3) is 2.28. The van der Waals surface area contributed by atoms with E-state index < -0.39 is 9.84 Å². The van der Waals surface area contributed by atoms with Gasteiger partial charge in [-0.25, -0.2) is 8.42 Å². The lowest BCUT2D eigenvalue weighted by Crippen LogP contribution is -2.45. The fourth-order valence-electron chi connectivity index (χ4n) is 1.78. The summed E-state index contributed by atoms with van der Waals surface area (Å²) in [6.45, 7) is 5.58. The Morgan fingerprint density at radius 1 is 1.25 bits per heavy atom. The van der Waals surface area contributed by atoms with Crippen LogP contribution < -0.4 is 5.32 Å². The van der Waals surface area contributed by atoms with Crippen LogP contribution in [0.15, 0.2) is 23.1 Å². The first-order valence-corrected chi connectivity index (χ1v) is 7.15. The Bertz CT molecular complexity index is 490. The minimum absolute atomic E-state index is 0.266. The molecule has 1 aromatic rings. The van der Waals surface area contributed by atoms with Crippen LogP contribution >= 0.6 is 0 Å². The molecule has 2 rings (SSSR count). The maximum absolute atomic E-state index is 12.1. The molecule has 4 heteroatoms. The van der Waals surface area contributed by atoms with Crippen molar-refractivity contribution in [3.05, 3.63) is 29.3 Å². The van der Waals surface area contributed by atoms with Gasteiger partial charge in [0.05, 0.1) is 10.6 Å². The van der Waals surface area contributed by atoms with Gasteiger partial charge in [0.1, 0.15) is 0 Å². The Hall–Kier alpha value is -0.870. The lowest BCUT2D eigenvalue weighted by atomic mass is 10.1. The fourth-order valence-corrected chi connectivity index (χ4v) is 3.46. The number of rotatable bonds is 3. The zero-order valence-corrected chi connectivity index (χ0v) is 10.5. The van der Waals surface area contributed by atoms with Crippen LogP contribution in [0.2, 0.25) is 0 Å². The van der Waals surface area contributed by atoms with Gasteiger partial charge < -0.3 is 5.32 Å². The number of benzene rings is 1. The summed E-state index contributed by atoms with van der Waals surface area (Å²) in [7, 11) is -3.10. The van der Waals surface area contributed by atoms with Crippen molar-refractivity contribution >= 4 is 9.84 Å². The maximum atomic E-state index is 12.1. The van der Waals surface area contributed by atoms with Crippen molar-refractivity contribution in [1.29, 1.82) is 0 Å². The largest absolute Gasteiger partial charge is 0.316 e. The second kappa shape index (κ2) is 4.18. The number of hydrogen-bond acceptors (Lipinski definition) is 3. The summed E-state index contributed by atoms with van der Waals surface area (Å²) in [5, 5.41) is 3.09. The molecule has 0 unspecified atom stereocenters. The summed E-state index contributed by atoms with van der Waals surface area (Å²) in [4.78, 5) is 0.461. The molecule has 1 heterocycles. The van der Waals surface area contributed by atoms with Gasteiger partial charge in [-0.3, -0.25) is 0 Å². The van der Waals surface area contributed by atoms with E-state index in [4.69, 9.17) is 0 Å². The van der Waals surface area contributed by atoms with Gasteiger partial charge in [0.2, 0.25) is 0 Å². The number of hydrogen-bond donors (Lipinski definition) is 1. The highest BCUT2D eigenvalue weighted by molar-refractivity contribution is 7.91. The SMILES string of the molecule is Cc1ccc(S(=O)(=O)CC2CNC2)cc1C. The van der Waals surface area contributed by atoms with Gasteiger partial charge in [-0.1, -0.05) is 6.07 Å². The second-order valence-corrected chi connectivity index (χ2v) is 6.59. The maximum Gasteiger partial charge on any atom is 0.178 e. The van der Waals surface area contributed by atoms with Gasteiger partial charge in [0.15, 0.2) is 9.84 Å². The molecule has 1 aromatic carbocycles. The van der Waals surface area contributed by atoms with Crippen LogP contribution in [-0.4, -0.2) is 27.3 Å². The number of aryl methyl sites for hydroxylation is 2. The van der Waals surface area contributed by atoms with Crippen LogP contribution in [0.4, 0.5) is 0 Å². The van der Waals surface area contributed by atoms with Crippen molar-refractivity contribution in [2.75, 3.05) is 18.8 Å². The Balaban J connectivity index is 2.24. The molecule has 16 heavy (non-hydrogen) atoms. The Morgan fingerprint density at radius 3 is 2.44 bits per heavy atom. The van der Waals surface area contributed by atoms with E-state index in [0.29, 0.717) is 4.90 Å². The van der Waals surface area contributed by atoms with E-state index in [2.05, 4.69) is 5.32 Å². The van der Waals surface area contributed by atoms with Crippen molar-refractivity contribution in [2.24, 2.45) is 5.92 Å². The normalized spacial score (nSPS) is 17.1. The van der Waals surface area contributed by atoms with Gasteiger partial charge in [0.25, 0.3) is 0 Å².